The molecule has 0 amide bonds. The Hall–Kier alpha value is -0.330. The molecule has 0 radical (unpaired) electrons. The van der Waals surface area contributed by atoms with Crippen LogP contribution in [0.5, 0.6) is 0 Å². The standard InChI is InChI=1S/C9H17F3N2O/c10-9(11,12)8-5-14(3-1-2-13)4-7(8)6-15/h7-8,15H,1-6,13H2/t7-,8-/m1/s1. The molecular weight excluding hydrogens is 209 g/mol. The second-order valence-electron chi connectivity index (χ2n) is 3.99. The average Bonchev–Trinajstić information content (AvgIpc) is 2.57. The van der Waals surface area contributed by atoms with Gasteiger partial charge in [0.1, 0.15) is 0 Å². The van der Waals surface area contributed by atoms with Crippen LogP contribution in [0.2, 0.25) is 0 Å². The van der Waals surface area contributed by atoms with Crippen LogP contribution in [-0.4, -0.2) is 49.0 Å². The van der Waals surface area contributed by atoms with Gasteiger partial charge in [-0.15, -0.1) is 0 Å². The van der Waals surface area contributed by atoms with E-state index in [1.165, 1.54) is 0 Å². The summed E-state index contributed by atoms with van der Waals surface area (Å²) < 4.78 is 37.6. The summed E-state index contributed by atoms with van der Waals surface area (Å²) in [5, 5.41) is 8.89. The number of alkyl halides is 3. The van der Waals surface area contributed by atoms with Crippen molar-refractivity contribution in [2.45, 2.75) is 12.6 Å². The van der Waals surface area contributed by atoms with Gasteiger partial charge in [0.2, 0.25) is 0 Å². The minimum absolute atomic E-state index is 0.00523. The molecule has 0 spiro atoms. The van der Waals surface area contributed by atoms with Crippen LogP contribution in [0.3, 0.4) is 0 Å². The summed E-state index contributed by atoms with van der Waals surface area (Å²) >= 11 is 0. The van der Waals surface area contributed by atoms with Gasteiger partial charge in [-0.05, 0) is 19.5 Å². The molecule has 3 N–H and O–H groups in total. The molecule has 6 heteroatoms. The monoisotopic (exact) mass is 226 g/mol. The number of nitrogens with zero attached hydrogens (tertiary/aromatic N) is 1. The predicted octanol–water partition coefficient (Wildman–Crippen LogP) is 0.438. The van der Waals surface area contributed by atoms with E-state index in [1.807, 2.05) is 0 Å². The highest BCUT2D eigenvalue weighted by Crippen LogP contribution is 2.37. The van der Waals surface area contributed by atoms with E-state index in [-0.39, 0.29) is 6.54 Å². The summed E-state index contributed by atoms with van der Waals surface area (Å²) in [6.45, 7) is 0.981. The lowest BCUT2D eigenvalue weighted by molar-refractivity contribution is -0.183. The van der Waals surface area contributed by atoms with Crippen molar-refractivity contribution in [2.75, 3.05) is 32.8 Å². The Morgan fingerprint density at radius 2 is 2.00 bits per heavy atom. The van der Waals surface area contributed by atoms with Gasteiger partial charge in [-0.3, -0.25) is 0 Å². The fourth-order valence-corrected chi connectivity index (χ4v) is 2.01. The molecule has 0 aliphatic carbocycles. The summed E-state index contributed by atoms with van der Waals surface area (Å²) in [5.41, 5.74) is 5.30. The van der Waals surface area contributed by atoms with Gasteiger partial charge in [-0.25, -0.2) is 0 Å². The Labute approximate surface area is 87.0 Å². The molecule has 1 fully saturated rings. The maximum Gasteiger partial charge on any atom is 0.393 e. The lowest BCUT2D eigenvalue weighted by atomic mass is 9.97. The maximum absolute atomic E-state index is 12.5. The first kappa shape index (κ1) is 12.7. The number of rotatable bonds is 4. The lowest BCUT2D eigenvalue weighted by Gasteiger charge is -2.19. The Morgan fingerprint density at radius 1 is 1.33 bits per heavy atom. The minimum atomic E-state index is -4.20. The van der Waals surface area contributed by atoms with Crippen LogP contribution in [0.25, 0.3) is 0 Å². The van der Waals surface area contributed by atoms with Gasteiger partial charge in [-0.1, -0.05) is 0 Å². The van der Waals surface area contributed by atoms with Crippen molar-refractivity contribution >= 4 is 0 Å². The zero-order valence-corrected chi connectivity index (χ0v) is 8.50. The minimum Gasteiger partial charge on any atom is -0.396 e. The first-order valence-electron chi connectivity index (χ1n) is 5.09. The van der Waals surface area contributed by atoms with Crippen LogP contribution in [0, 0.1) is 11.8 Å². The molecule has 0 aromatic heterocycles. The summed E-state index contributed by atoms with van der Waals surface area (Å²) in [4.78, 5) is 1.73. The van der Waals surface area contributed by atoms with Crippen molar-refractivity contribution in [1.82, 2.24) is 4.90 Å². The summed E-state index contributed by atoms with van der Waals surface area (Å²) in [6, 6.07) is 0. The Morgan fingerprint density at radius 3 is 2.40 bits per heavy atom. The zero-order valence-electron chi connectivity index (χ0n) is 8.50. The first-order valence-corrected chi connectivity index (χ1v) is 5.09. The van der Waals surface area contributed by atoms with E-state index >= 15 is 0 Å². The highest BCUT2D eigenvalue weighted by Gasteiger charge is 2.48. The normalized spacial score (nSPS) is 28.6. The van der Waals surface area contributed by atoms with Crippen LogP contribution in [-0.2, 0) is 0 Å². The third kappa shape index (κ3) is 3.32. The molecule has 1 rings (SSSR count). The summed E-state index contributed by atoms with van der Waals surface area (Å²) in [6.07, 6.45) is -3.51. The molecule has 90 valence electrons. The van der Waals surface area contributed by atoms with E-state index in [1.54, 1.807) is 4.90 Å². The highest BCUT2D eigenvalue weighted by atomic mass is 19.4. The van der Waals surface area contributed by atoms with Crippen LogP contribution < -0.4 is 5.73 Å². The Kier molecular flexibility index (Phi) is 4.36. The number of hydrogen-bond acceptors (Lipinski definition) is 3. The van der Waals surface area contributed by atoms with E-state index in [2.05, 4.69) is 0 Å². The molecule has 0 aromatic carbocycles. The van der Waals surface area contributed by atoms with Gasteiger partial charge in [0, 0.05) is 25.6 Å². The largest absolute Gasteiger partial charge is 0.396 e. The second-order valence-corrected chi connectivity index (χ2v) is 3.99. The molecule has 1 saturated heterocycles. The van der Waals surface area contributed by atoms with Crippen LogP contribution >= 0.6 is 0 Å². The van der Waals surface area contributed by atoms with E-state index < -0.39 is 24.6 Å². The molecule has 0 saturated carbocycles. The van der Waals surface area contributed by atoms with E-state index in [0.29, 0.717) is 26.1 Å². The first-order chi connectivity index (χ1) is 6.99. The molecular formula is C9H17F3N2O. The smallest absolute Gasteiger partial charge is 0.393 e. The summed E-state index contributed by atoms with van der Waals surface area (Å²) in [7, 11) is 0. The number of aliphatic hydroxyl groups is 1. The molecule has 2 atom stereocenters. The van der Waals surface area contributed by atoms with E-state index in [4.69, 9.17) is 10.8 Å². The fraction of sp³-hybridized carbons (Fsp3) is 1.00. The molecule has 1 aliphatic heterocycles. The number of aliphatic hydroxyl groups excluding tert-OH is 1. The second kappa shape index (κ2) is 5.14. The van der Waals surface area contributed by atoms with Gasteiger partial charge in [0.25, 0.3) is 0 Å². The van der Waals surface area contributed by atoms with Crippen molar-refractivity contribution < 1.29 is 18.3 Å². The Balaban J connectivity index is 2.51. The van der Waals surface area contributed by atoms with Crippen molar-refractivity contribution in [3.63, 3.8) is 0 Å². The van der Waals surface area contributed by atoms with Gasteiger partial charge < -0.3 is 15.7 Å². The third-order valence-corrected chi connectivity index (χ3v) is 2.85. The van der Waals surface area contributed by atoms with Gasteiger partial charge in [0.15, 0.2) is 0 Å². The molecule has 15 heavy (non-hydrogen) atoms. The fourth-order valence-electron chi connectivity index (χ4n) is 2.01. The van der Waals surface area contributed by atoms with E-state index in [9.17, 15) is 13.2 Å². The predicted molar refractivity (Wildman–Crippen MR) is 50.2 cm³/mol. The number of hydrogen-bond donors (Lipinski definition) is 2. The third-order valence-electron chi connectivity index (χ3n) is 2.85. The molecule has 1 aliphatic rings. The van der Waals surface area contributed by atoms with Crippen molar-refractivity contribution in [1.29, 1.82) is 0 Å². The highest BCUT2D eigenvalue weighted by molar-refractivity contribution is 4.87. The molecule has 0 unspecified atom stereocenters. The van der Waals surface area contributed by atoms with Crippen molar-refractivity contribution in [3.05, 3.63) is 0 Å². The molecule has 1 heterocycles. The number of nitrogens with two attached hydrogens (primary N) is 1. The number of likely N-dealkylation sites (tertiary alicyclic amines) is 1. The van der Waals surface area contributed by atoms with Crippen molar-refractivity contribution in [2.24, 2.45) is 17.6 Å². The summed E-state index contributed by atoms with van der Waals surface area (Å²) in [5.74, 6) is -2.07. The Bertz CT molecular complexity index is 198. The lowest BCUT2D eigenvalue weighted by Crippen LogP contribution is -2.31. The van der Waals surface area contributed by atoms with Crippen molar-refractivity contribution in [3.8, 4) is 0 Å². The van der Waals surface area contributed by atoms with Gasteiger partial charge in [-0.2, -0.15) is 13.2 Å². The number of halogens is 3. The van der Waals surface area contributed by atoms with Crippen LogP contribution in [0.4, 0.5) is 13.2 Å². The zero-order chi connectivity index (χ0) is 11.5. The van der Waals surface area contributed by atoms with Gasteiger partial charge >= 0.3 is 6.18 Å². The topological polar surface area (TPSA) is 49.5 Å². The van der Waals surface area contributed by atoms with Crippen LogP contribution in [0.15, 0.2) is 0 Å². The van der Waals surface area contributed by atoms with E-state index in [0.717, 1.165) is 0 Å². The SMILES string of the molecule is NCCCN1C[C@H](CO)[C@H](C(F)(F)F)C1. The molecule has 3 nitrogen and oxygen atoms in total. The molecule has 0 aromatic rings. The van der Waals surface area contributed by atoms with Gasteiger partial charge in [0.05, 0.1) is 5.92 Å². The average molecular weight is 226 g/mol. The quantitative estimate of drug-likeness (QED) is 0.731. The molecule has 0 bridgehead atoms. The van der Waals surface area contributed by atoms with Crippen LogP contribution in [0.1, 0.15) is 6.42 Å². The maximum atomic E-state index is 12.5.